The van der Waals surface area contributed by atoms with E-state index in [1.54, 1.807) is 29.7 Å². The zero-order valence-corrected chi connectivity index (χ0v) is 14.5. The lowest BCUT2D eigenvalue weighted by molar-refractivity contribution is 0.657. The van der Waals surface area contributed by atoms with Crippen molar-refractivity contribution >= 4 is 34.3 Å². The lowest BCUT2D eigenvalue weighted by Gasteiger charge is -2.14. The summed E-state index contributed by atoms with van der Waals surface area (Å²) in [6.45, 7) is 2.10. The highest BCUT2D eigenvalue weighted by atomic mass is 35.5. The van der Waals surface area contributed by atoms with Crippen LogP contribution in [0.1, 0.15) is 12.5 Å². The van der Waals surface area contributed by atoms with Crippen LogP contribution in [0.2, 0.25) is 5.02 Å². The number of para-hydroxylation sites is 1. The lowest BCUT2D eigenvalue weighted by Crippen LogP contribution is -2.24. The van der Waals surface area contributed by atoms with Gasteiger partial charge in [0.2, 0.25) is 0 Å². The van der Waals surface area contributed by atoms with Gasteiger partial charge >= 0.3 is 0 Å². The van der Waals surface area contributed by atoms with Gasteiger partial charge in [0, 0.05) is 5.02 Å². The first kappa shape index (κ1) is 16.6. The molecule has 3 aromatic rings. The number of benzene rings is 2. The van der Waals surface area contributed by atoms with Crippen LogP contribution in [0.15, 0.2) is 58.5 Å². The Kier molecular flexibility index (Phi) is 4.89. The molecular weight excluding hydrogens is 342 g/mol. The molecule has 1 heterocycles. The third-order valence-corrected chi connectivity index (χ3v) is 4.93. The van der Waals surface area contributed by atoms with E-state index < -0.39 is 0 Å². The Hall–Kier alpha value is -2.29. The second-order valence-electron chi connectivity index (χ2n) is 5.28. The van der Waals surface area contributed by atoms with E-state index in [0.717, 1.165) is 5.56 Å². The smallest absolute Gasteiger partial charge is 0.262 e. The third kappa shape index (κ3) is 3.30. The Morgan fingerprint density at radius 3 is 2.71 bits per heavy atom. The van der Waals surface area contributed by atoms with Crippen molar-refractivity contribution < 1.29 is 0 Å². The van der Waals surface area contributed by atoms with Crippen LogP contribution in [0.3, 0.4) is 0 Å². The highest BCUT2D eigenvalue weighted by molar-refractivity contribution is 8.00. The van der Waals surface area contributed by atoms with Gasteiger partial charge in [0.25, 0.3) is 5.56 Å². The van der Waals surface area contributed by atoms with Gasteiger partial charge in [0.05, 0.1) is 28.8 Å². The molecule has 0 saturated carbocycles. The fourth-order valence-electron chi connectivity index (χ4n) is 2.36. The molecule has 120 valence electrons. The Bertz CT molecular complexity index is 993. The number of rotatable bonds is 4. The molecule has 0 aliphatic carbocycles. The molecule has 2 aromatic carbocycles. The van der Waals surface area contributed by atoms with Crippen molar-refractivity contribution in [3.63, 3.8) is 0 Å². The number of thioether (sulfide) groups is 1. The van der Waals surface area contributed by atoms with Crippen molar-refractivity contribution in [2.45, 2.75) is 23.9 Å². The molecule has 0 aliphatic heterocycles. The van der Waals surface area contributed by atoms with Gasteiger partial charge in [-0.1, -0.05) is 53.7 Å². The zero-order valence-electron chi connectivity index (χ0n) is 12.9. The van der Waals surface area contributed by atoms with Gasteiger partial charge in [-0.25, -0.2) is 4.98 Å². The second-order valence-corrected chi connectivity index (χ2v) is 7.00. The van der Waals surface area contributed by atoms with Crippen LogP contribution in [0.25, 0.3) is 10.9 Å². The van der Waals surface area contributed by atoms with Gasteiger partial charge < -0.3 is 0 Å². The minimum absolute atomic E-state index is 0.131. The number of fused-ring (bicyclic) bond motifs is 1. The molecule has 0 amide bonds. The Morgan fingerprint density at radius 2 is 1.96 bits per heavy atom. The Labute approximate surface area is 148 Å². The van der Waals surface area contributed by atoms with Crippen molar-refractivity contribution in [1.29, 1.82) is 5.26 Å². The third-order valence-electron chi connectivity index (χ3n) is 3.58. The molecule has 3 rings (SSSR count). The molecule has 0 spiro atoms. The van der Waals surface area contributed by atoms with E-state index in [1.807, 2.05) is 30.3 Å². The summed E-state index contributed by atoms with van der Waals surface area (Å²) in [6.07, 6.45) is 0. The van der Waals surface area contributed by atoms with E-state index in [4.69, 9.17) is 16.9 Å². The van der Waals surface area contributed by atoms with E-state index in [0.29, 0.717) is 27.6 Å². The van der Waals surface area contributed by atoms with Crippen molar-refractivity contribution in [1.82, 2.24) is 9.55 Å². The van der Waals surface area contributed by atoms with E-state index in [9.17, 15) is 4.79 Å². The summed E-state index contributed by atoms with van der Waals surface area (Å²) >= 11 is 7.51. The highest BCUT2D eigenvalue weighted by Gasteiger charge is 2.15. The maximum absolute atomic E-state index is 12.9. The highest BCUT2D eigenvalue weighted by Crippen LogP contribution is 2.24. The summed E-state index contributed by atoms with van der Waals surface area (Å²) in [5, 5.41) is 10.5. The second kappa shape index (κ2) is 7.08. The SMILES string of the molecule is C[C@H](C#N)Sc1nc2ccccc2c(=O)n1Cc1ccccc1Cl. The molecule has 4 nitrogen and oxygen atoms in total. The molecule has 0 fully saturated rings. The largest absolute Gasteiger partial charge is 0.282 e. The van der Waals surface area contributed by atoms with Crippen LogP contribution in [-0.4, -0.2) is 14.8 Å². The molecular formula is C18H14ClN3OS. The first-order valence-corrected chi connectivity index (χ1v) is 8.65. The maximum atomic E-state index is 12.9. The fraction of sp³-hybridized carbons (Fsp3) is 0.167. The topological polar surface area (TPSA) is 58.7 Å². The molecule has 6 heteroatoms. The minimum atomic E-state index is -0.310. The summed E-state index contributed by atoms with van der Waals surface area (Å²) in [4.78, 5) is 17.5. The monoisotopic (exact) mass is 355 g/mol. The number of aromatic nitrogens is 2. The maximum Gasteiger partial charge on any atom is 0.262 e. The van der Waals surface area contributed by atoms with Gasteiger partial charge in [-0.15, -0.1) is 0 Å². The first-order chi connectivity index (χ1) is 11.6. The number of hydrogen-bond donors (Lipinski definition) is 0. The fourth-order valence-corrected chi connectivity index (χ4v) is 3.35. The van der Waals surface area contributed by atoms with Crippen molar-refractivity contribution in [2.24, 2.45) is 0 Å². The standard InChI is InChI=1S/C18H14ClN3OS/c1-12(10-20)24-18-21-16-9-5-3-7-14(16)17(23)22(18)11-13-6-2-4-8-15(13)19/h2-9,12H,11H2,1H3/t12-/m1/s1. The first-order valence-electron chi connectivity index (χ1n) is 7.39. The van der Waals surface area contributed by atoms with Crippen molar-refractivity contribution in [2.75, 3.05) is 0 Å². The molecule has 0 radical (unpaired) electrons. The lowest BCUT2D eigenvalue weighted by atomic mass is 10.2. The minimum Gasteiger partial charge on any atom is -0.282 e. The van der Waals surface area contributed by atoms with Crippen LogP contribution in [0.5, 0.6) is 0 Å². The average molecular weight is 356 g/mol. The van der Waals surface area contributed by atoms with Gasteiger partial charge in [0.1, 0.15) is 0 Å². The van der Waals surface area contributed by atoms with Crippen molar-refractivity contribution in [3.8, 4) is 6.07 Å². The van der Waals surface area contributed by atoms with Crippen LogP contribution in [0.4, 0.5) is 0 Å². The number of nitrogens with zero attached hydrogens (tertiary/aromatic N) is 3. The van der Waals surface area contributed by atoms with Crippen LogP contribution in [0, 0.1) is 11.3 Å². The predicted octanol–water partition coefficient (Wildman–Crippen LogP) is 4.10. The van der Waals surface area contributed by atoms with Gasteiger partial charge in [-0.2, -0.15) is 5.26 Å². The van der Waals surface area contributed by atoms with Gasteiger partial charge in [-0.05, 0) is 30.7 Å². The Balaban J connectivity index is 2.18. The summed E-state index contributed by atoms with van der Waals surface area (Å²) < 4.78 is 1.59. The molecule has 0 saturated heterocycles. The Morgan fingerprint density at radius 1 is 1.25 bits per heavy atom. The van der Waals surface area contributed by atoms with Gasteiger partial charge in [0.15, 0.2) is 5.16 Å². The quantitative estimate of drug-likeness (QED) is 0.522. The molecule has 0 bridgehead atoms. The van der Waals surface area contributed by atoms with Crippen molar-refractivity contribution in [3.05, 3.63) is 69.5 Å². The molecule has 0 N–H and O–H groups in total. The number of halogens is 1. The normalized spacial score (nSPS) is 12.0. The molecule has 24 heavy (non-hydrogen) atoms. The molecule has 1 atom stereocenters. The van der Waals surface area contributed by atoms with E-state index in [2.05, 4.69) is 11.1 Å². The van der Waals surface area contributed by atoms with Crippen LogP contribution >= 0.6 is 23.4 Å². The van der Waals surface area contributed by atoms with E-state index in [-0.39, 0.29) is 10.8 Å². The molecule has 1 aromatic heterocycles. The average Bonchev–Trinajstić information content (AvgIpc) is 2.59. The summed E-state index contributed by atoms with van der Waals surface area (Å²) in [6, 6.07) is 16.8. The van der Waals surface area contributed by atoms with Crippen LogP contribution < -0.4 is 5.56 Å². The van der Waals surface area contributed by atoms with E-state index in [1.165, 1.54) is 11.8 Å². The zero-order chi connectivity index (χ0) is 17.1. The summed E-state index contributed by atoms with van der Waals surface area (Å²) in [7, 11) is 0. The number of nitriles is 1. The van der Waals surface area contributed by atoms with Crippen LogP contribution in [-0.2, 0) is 6.54 Å². The van der Waals surface area contributed by atoms with E-state index >= 15 is 0 Å². The number of hydrogen-bond acceptors (Lipinski definition) is 4. The molecule has 0 unspecified atom stereocenters. The van der Waals surface area contributed by atoms with Gasteiger partial charge in [-0.3, -0.25) is 9.36 Å². The molecule has 0 aliphatic rings. The predicted molar refractivity (Wildman–Crippen MR) is 97.5 cm³/mol. The summed E-state index contributed by atoms with van der Waals surface area (Å²) in [5.74, 6) is 0. The summed E-state index contributed by atoms with van der Waals surface area (Å²) in [5.41, 5.74) is 1.34.